The highest BCUT2D eigenvalue weighted by atomic mass is 35.5. The van der Waals surface area contributed by atoms with Gasteiger partial charge < -0.3 is 4.52 Å². The molecule has 30 heavy (non-hydrogen) atoms. The number of halogens is 2. The highest BCUT2D eigenvalue weighted by molar-refractivity contribution is 7.98. The van der Waals surface area contributed by atoms with Gasteiger partial charge in [-0.05, 0) is 30.2 Å². The van der Waals surface area contributed by atoms with E-state index < -0.39 is 0 Å². The standard InChI is InChI=1S/C21H19Cl2N5OS/c1-2-6-18-24-19(29-27-18)13-30-21-26-25-20(16-10-9-15(22)11-17(16)23)28(21)12-14-7-4-3-5-8-14/h3-5,7-11H,2,6,12-13H2,1H3. The Hall–Kier alpha value is -2.35. The van der Waals surface area contributed by atoms with Crippen LogP contribution in [0, 0.1) is 0 Å². The third-order valence-corrected chi connectivity index (χ3v) is 5.88. The van der Waals surface area contributed by atoms with E-state index in [4.69, 9.17) is 27.7 Å². The smallest absolute Gasteiger partial charge is 0.237 e. The number of aryl methyl sites for hydroxylation is 1. The van der Waals surface area contributed by atoms with Crippen LogP contribution in [0.5, 0.6) is 0 Å². The minimum absolute atomic E-state index is 0.512. The van der Waals surface area contributed by atoms with Crippen LogP contribution in [0.15, 0.2) is 58.2 Å². The first kappa shape index (κ1) is 20.9. The predicted octanol–water partition coefficient (Wildman–Crippen LogP) is 5.93. The maximum atomic E-state index is 6.45. The Labute approximate surface area is 188 Å². The van der Waals surface area contributed by atoms with Crippen LogP contribution >= 0.6 is 35.0 Å². The second-order valence-electron chi connectivity index (χ2n) is 6.65. The zero-order valence-electron chi connectivity index (χ0n) is 16.3. The van der Waals surface area contributed by atoms with E-state index in [9.17, 15) is 0 Å². The van der Waals surface area contributed by atoms with Gasteiger partial charge in [-0.15, -0.1) is 10.2 Å². The molecule has 0 unspecified atom stereocenters. The molecule has 4 aromatic rings. The molecule has 0 bridgehead atoms. The van der Waals surface area contributed by atoms with Crippen LogP contribution in [0.1, 0.15) is 30.6 Å². The van der Waals surface area contributed by atoms with Crippen LogP contribution in [-0.2, 0) is 18.7 Å². The fraction of sp³-hybridized carbons (Fsp3) is 0.238. The summed E-state index contributed by atoms with van der Waals surface area (Å²) in [6, 6.07) is 15.5. The van der Waals surface area contributed by atoms with E-state index in [0.717, 1.165) is 34.9 Å². The summed E-state index contributed by atoms with van der Waals surface area (Å²) in [4.78, 5) is 4.43. The maximum absolute atomic E-state index is 6.45. The van der Waals surface area contributed by atoms with E-state index in [-0.39, 0.29) is 0 Å². The van der Waals surface area contributed by atoms with Gasteiger partial charge in [0.2, 0.25) is 5.89 Å². The summed E-state index contributed by atoms with van der Waals surface area (Å²) < 4.78 is 7.39. The molecule has 154 valence electrons. The molecule has 0 saturated heterocycles. The number of benzene rings is 2. The van der Waals surface area contributed by atoms with Gasteiger partial charge in [-0.2, -0.15) is 4.98 Å². The summed E-state index contributed by atoms with van der Waals surface area (Å²) in [6.45, 7) is 2.69. The van der Waals surface area contributed by atoms with Crippen molar-refractivity contribution in [1.82, 2.24) is 24.9 Å². The molecule has 4 rings (SSSR count). The maximum Gasteiger partial charge on any atom is 0.237 e. The Kier molecular flexibility index (Phi) is 6.72. The monoisotopic (exact) mass is 459 g/mol. The highest BCUT2D eigenvalue weighted by Gasteiger charge is 2.18. The van der Waals surface area contributed by atoms with E-state index >= 15 is 0 Å². The molecule has 0 saturated carbocycles. The van der Waals surface area contributed by atoms with E-state index in [1.807, 2.05) is 28.8 Å². The van der Waals surface area contributed by atoms with E-state index in [2.05, 4.69) is 39.4 Å². The van der Waals surface area contributed by atoms with Crippen molar-refractivity contribution in [3.05, 3.63) is 75.9 Å². The number of thioether (sulfide) groups is 1. The normalized spacial score (nSPS) is 11.2. The first-order chi connectivity index (χ1) is 14.6. The predicted molar refractivity (Wildman–Crippen MR) is 119 cm³/mol. The molecular formula is C21H19Cl2N5OS. The number of aromatic nitrogens is 5. The Morgan fingerprint density at radius 3 is 2.67 bits per heavy atom. The molecule has 0 N–H and O–H groups in total. The van der Waals surface area contributed by atoms with Crippen molar-refractivity contribution < 1.29 is 4.52 Å². The summed E-state index contributed by atoms with van der Waals surface area (Å²) in [7, 11) is 0. The van der Waals surface area contributed by atoms with Gasteiger partial charge in [0, 0.05) is 17.0 Å². The lowest BCUT2D eigenvalue weighted by Gasteiger charge is -2.11. The molecule has 2 heterocycles. The number of nitrogens with zero attached hydrogens (tertiary/aromatic N) is 5. The van der Waals surface area contributed by atoms with Gasteiger partial charge in [-0.1, -0.05) is 77.4 Å². The van der Waals surface area contributed by atoms with Gasteiger partial charge >= 0.3 is 0 Å². The molecule has 0 fully saturated rings. The van der Waals surface area contributed by atoms with Gasteiger partial charge in [-0.25, -0.2) is 0 Å². The van der Waals surface area contributed by atoms with Crippen molar-refractivity contribution in [2.24, 2.45) is 0 Å². The van der Waals surface area contributed by atoms with Crippen LogP contribution < -0.4 is 0 Å². The van der Waals surface area contributed by atoms with E-state index in [1.54, 1.807) is 12.1 Å². The average Bonchev–Trinajstić information content (AvgIpc) is 3.35. The van der Waals surface area contributed by atoms with Crippen molar-refractivity contribution in [1.29, 1.82) is 0 Å². The average molecular weight is 460 g/mol. The molecule has 0 radical (unpaired) electrons. The molecular weight excluding hydrogens is 441 g/mol. The molecule has 0 aliphatic carbocycles. The quantitative estimate of drug-likeness (QED) is 0.304. The van der Waals surface area contributed by atoms with Crippen LogP contribution in [0.4, 0.5) is 0 Å². The Morgan fingerprint density at radius 2 is 1.90 bits per heavy atom. The third kappa shape index (κ3) is 4.86. The van der Waals surface area contributed by atoms with E-state index in [0.29, 0.717) is 34.1 Å². The summed E-state index contributed by atoms with van der Waals surface area (Å²) in [5.41, 5.74) is 1.91. The van der Waals surface area contributed by atoms with Crippen LogP contribution in [-0.4, -0.2) is 24.9 Å². The van der Waals surface area contributed by atoms with Gasteiger partial charge in [0.25, 0.3) is 0 Å². The van der Waals surface area contributed by atoms with Gasteiger partial charge in [0.15, 0.2) is 16.8 Å². The van der Waals surface area contributed by atoms with Gasteiger partial charge in [0.1, 0.15) is 0 Å². The zero-order chi connectivity index (χ0) is 20.9. The lowest BCUT2D eigenvalue weighted by atomic mass is 10.2. The molecule has 0 aliphatic rings. The Balaban J connectivity index is 1.64. The van der Waals surface area contributed by atoms with Crippen LogP contribution in [0.25, 0.3) is 11.4 Å². The minimum atomic E-state index is 0.512. The fourth-order valence-electron chi connectivity index (χ4n) is 2.97. The topological polar surface area (TPSA) is 69.6 Å². The third-order valence-electron chi connectivity index (χ3n) is 4.38. The van der Waals surface area contributed by atoms with Crippen molar-refractivity contribution in [3.63, 3.8) is 0 Å². The van der Waals surface area contributed by atoms with Gasteiger partial charge in [0.05, 0.1) is 17.3 Å². The van der Waals surface area contributed by atoms with Crippen molar-refractivity contribution >= 4 is 35.0 Å². The molecule has 9 heteroatoms. The molecule has 2 aromatic heterocycles. The first-order valence-corrected chi connectivity index (χ1v) is 11.2. The minimum Gasteiger partial charge on any atom is -0.338 e. The number of hydrogen-bond donors (Lipinski definition) is 0. The summed E-state index contributed by atoms with van der Waals surface area (Å²) in [5.74, 6) is 2.49. The Bertz CT molecular complexity index is 1130. The molecule has 2 aromatic carbocycles. The second-order valence-corrected chi connectivity index (χ2v) is 8.43. The largest absolute Gasteiger partial charge is 0.338 e. The molecule has 0 amide bonds. The van der Waals surface area contributed by atoms with Crippen LogP contribution in [0.2, 0.25) is 10.0 Å². The molecule has 0 atom stereocenters. The summed E-state index contributed by atoms with van der Waals surface area (Å²) >= 11 is 14.0. The molecule has 0 aliphatic heterocycles. The highest BCUT2D eigenvalue weighted by Crippen LogP contribution is 2.32. The SMILES string of the molecule is CCCc1noc(CSc2nnc(-c3ccc(Cl)cc3Cl)n2Cc2ccccc2)n1. The van der Waals surface area contributed by atoms with Gasteiger partial charge in [-0.3, -0.25) is 4.57 Å². The first-order valence-electron chi connectivity index (χ1n) is 9.51. The lowest BCUT2D eigenvalue weighted by Crippen LogP contribution is -2.04. The van der Waals surface area contributed by atoms with E-state index in [1.165, 1.54) is 11.8 Å². The van der Waals surface area contributed by atoms with Crippen molar-refractivity contribution in [2.45, 2.75) is 37.2 Å². The summed E-state index contributed by atoms with van der Waals surface area (Å²) in [5, 5.41) is 14.7. The van der Waals surface area contributed by atoms with Crippen molar-refractivity contribution in [2.75, 3.05) is 0 Å². The second kappa shape index (κ2) is 9.64. The fourth-order valence-corrected chi connectivity index (χ4v) is 4.24. The molecule has 0 spiro atoms. The summed E-state index contributed by atoms with van der Waals surface area (Å²) in [6.07, 6.45) is 1.78. The van der Waals surface area contributed by atoms with Crippen molar-refractivity contribution in [3.8, 4) is 11.4 Å². The molecule has 6 nitrogen and oxygen atoms in total. The number of hydrogen-bond acceptors (Lipinski definition) is 6. The zero-order valence-corrected chi connectivity index (χ0v) is 18.6. The Morgan fingerprint density at radius 1 is 1.07 bits per heavy atom. The van der Waals surface area contributed by atoms with Crippen LogP contribution in [0.3, 0.4) is 0 Å². The lowest BCUT2D eigenvalue weighted by molar-refractivity contribution is 0.384. The number of rotatable bonds is 8.